The molecule has 0 aromatic carbocycles. The molecule has 0 aromatic rings. The van der Waals surface area contributed by atoms with E-state index in [1.807, 2.05) is 19.0 Å². The topological polar surface area (TPSA) is 35.6 Å². The quantitative estimate of drug-likeness (QED) is 0.761. The summed E-state index contributed by atoms with van der Waals surface area (Å²) in [6.45, 7) is 9.19. The number of carbonyl (C=O) groups is 1. The predicted octanol–water partition coefficient (Wildman–Crippen LogP) is 0.537. The molecule has 0 spiro atoms. The van der Waals surface area contributed by atoms with Crippen molar-refractivity contribution in [3.8, 4) is 0 Å². The minimum absolute atomic E-state index is 0.0335. The summed E-state index contributed by atoms with van der Waals surface area (Å²) in [6, 6.07) is 0.0335. The maximum atomic E-state index is 12.1. The molecule has 94 valence electrons. The summed E-state index contributed by atoms with van der Waals surface area (Å²) in [6.07, 6.45) is 0.886. The Kier molecular flexibility index (Phi) is 4.33. The lowest BCUT2D eigenvalue weighted by molar-refractivity contribution is -0.148. The van der Waals surface area contributed by atoms with Crippen LogP contribution in [0.3, 0.4) is 0 Å². The van der Waals surface area contributed by atoms with Crippen LogP contribution in [0.2, 0.25) is 0 Å². The van der Waals surface area contributed by atoms with Gasteiger partial charge in [0.25, 0.3) is 0 Å². The van der Waals surface area contributed by atoms with Crippen molar-refractivity contribution in [1.29, 1.82) is 0 Å². The van der Waals surface area contributed by atoms with Crippen LogP contribution in [0.5, 0.6) is 0 Å². The Labute approximate surface area is 99.0 Å². The number of hydrogen-bond donors (Lipinski definition) is 1. The van der Waals surface area contributed by atoms with Gasteiger partial charge in [-0.05, 0) is 40.4 Å². The standard InChI is InChI=1S/C12H25N3O/c1-6-15-10(7-8-13-4)11(16)14(5)9-12(15,2)3/h10,13H,6-9H2,1-5H3. The molecule has 0 aromatic heterocycles. The number of hydrogen-bond acceptors (Lipinski definition) is 3. The summed E-state index contributed by atoms with van der Waals surface area (Å²) in [5, 5.41) is 3.12. The van der Waals surface area contributed by atoms with E-state index < -0.39 is 0 Å². The Balaban J connectivity index is 2.84. The van der Waals surface area contributed by atoms with E-state index in [9.17, 15) is 4.79 Å². The number of rotatable bonds is 4. The van der Waals surface area contributed by atoms with Gasteiger partial charge in [-0.2, -0.15) is 0 Å². The zero-order chi connectivity index (χ0) is 12.3. The van der Waals surface area contributed by atoms with Crippen LogP contribution in [-0.4, -0.2) is 61.0 Å². The van der Waals surface area contributed by atoms with Gasteiger partial charge in [0.2, 0.25) is 5.91 Å². The van der Waals surface area contributed by atoms with Gasteiger partial charge in [-0.25, -0.2) is 0 Å². The minimum atomic E-state index is 0.0335. The second kappa shape index (κ2) is 5.15. The maximum absolute atomic E-state index is 12.1. The molecule has 0 radical (unpaired) electrons. The molecule has 1 aliphatic rings. The minimum Gasteiger partial charge on any atom is -0.343 e. The van der Waals surface area contributed by atoms with Crippen molar-refractivity contribution in [2.24, 2.45) is 0 Å². The second-order valence-electron chi connectivity index (χ2n) is 5.20. The average Bonchev–Trinajstić information content (AvgIpc) is 2.20. The Morgan fingerprint density at radius 3 is 2.62 bits per heavy atom. The first kappa shape index (κ1) is 13.5. The molecule has 4 nitrogen and oxygen atoms in total. The lowest BCUT2D eigenvalue weighted by Crippen LogP contribution is -2.65. The first-order valence-corrected chi connectivity index (χ1v) is 6.10. The molecular weight excluding hydrogens is 202 g/mol. The van der Waals surface area contributed by atoms with E-state index in [4.69, 9.17) is 0 Å². The summed E-state index contributed by atoms with van der Waals surface area (Å²) in [5.74, 6) is 0.261. The highest BCUT2D eigenvalue weighted by atomic mass is 16.2. The molecule has 0 bridgehead atoms. The summed E-state index contributed by atoms with van der Waals surface area (Å²) < 4.78 is 0. The lowest BCUT2D eigenvalue weighted by Gasteiger charge is -2.50. The van der Waals surface area contributed by atoms with Crippen LogP contribution in [0.1, 0.15) is 27.2 Å². The van der Waals surface area contributed by atoms with Crippen molar-refractivity contribution in [3.63, 3.8) is 0 Å². The van der Waals surface area contributed by atoms with Gasteiger partial charge in [0, 0.05) is 19.1 Å². The zero-order valence-electron chi connectivity index (χ0n) is 11.2. The molecule has 1 unspecified atom stereocenters. The number of amides is 1. The van der Waals surface area contributed by atoms with Crippen LogP contribution in [0, 0.1) is 0 Å². The van der Waals surface area contributed by atoms with Gasteiger partial charge >= 0.3 is 0 Å². The third-order valence-corrected chi connectivity index (χ3v) is 3.45. The normalized spacial score (nSPS) is 26.2. The Hall–Kier alpha value is -0.610. The highest BCUT2D eigenvalue weighted by Crippen LogP contribution is 2.26. The number of likely N-dealkylation sites (N-methyl/N-ethyl adjacent to an activating group) is 2. The van der Waals surface area contributed by atoms with E-state index in [0.29, 0.717) is 0 Å². The van der Waals surface area contributed by atoms with Crippen molar-refractivity contribution < 1.29 is 4.79 Å². The third-order valence-electron chi connectivity index (χ3n) is 3.45. The van der Waals surface area contributed by atoms with Crippen molar-refractivity contribution in [2.75, 3.05) is 33.7 Å². The van der Waals surface area contributed by atoms with E-state index in [0.717, 1.165) is 26.1 Å². The number of carbonyl (C=O) groups excluding carboxylic acids is 1. The molecule has 0 aliphatic carbocycles. The number of nitrogens with zero attached hydrogens (tertiary/aromatic N) is 2. The highest BCUT2D eigenvalue weighted by molar-refractivity contribution is 5.82. The van der Waals surface area contributed by atoms with Crippen molar-refractivity contribution >= 4 is 5.91 Å². The van der Waals surface area contributed by atoms with Crippen molar-refractivity contribution in [1.82, 2.24) is 15.1 Å². The van der Waals surface area contributed by atoms with E-state index in [1.165, 1.54) is 0 Å². The summed E-state index contributed by atoms with van der Waals surface area (Å²) in [5.41, 5.74) is 0.0792. The largest absolute Gasteiger partial charge is 0.343 e. The molecule has 1 aliphatic heterocycles. The second-order valence-corrected chi connectivity index (χ2v) is 5.20. The summed E-state index contributed by atoms with van der Waals surface area (Å²) >= 11 is 0. The fourth-order valence-electron chi connectivity index (χ4n) is 2.77. The lowest BCUT2D eigenvalue weighted by atomic mass is 9.93. The first-order valence-electron chi connectivity index (χ1n) is 6.10. The Morgan fingerprint density at radius 2 is 2.12 bits per heavy atom. The molecule has 1 saturated heterocycles. The zero-order valence-corrected chi connectivity index (χ0v) is 11.2. The van der Waals surface area contributed by atoms with Gasteiger partial charge in [-0.1, -0.05) is 6.92 Å². The third kappa shape index (κ3) is 2.55. The van der Waals surface area contributed by atoms with E-state index in [-0.39, 0.29) is 17.5 Å². The van der Waals surface area contributed by atoms with Gasteiger partial charge < -0.3 is 10.2 Å². The maximum Gasteiger partial charge on any atom is 0.239 e. The monoisotopic (exact) mass is 227 g/mol. The summed E-state index contributed by atoms with van der Waals surface area (Å²) in [4.78, 5) is 16.3. The molecular formula is C12H25N3O. The molecule has 0 saturated carbocycles. The Bertz CT molecular complexity index is 253. The van der Waals surface area contributed by atoms with E-state index in [2.05, 4.69) is 31.0 Å². The molecule has 16 heavy (non-hydrogen) atoms. The van der Waals surface area contributed by atoms with Gasteiger partial charge in [0.1, 0.15) is 0 Å². The van der Waals surface area contributed by atoms with Gasteiger partial charge in [-0.15, -0.1) is 0 Å². The van der Waals surface area contributed by atoms with Crippen molar-refractivity contribution in [3.05, 3.63) is 0 Å². The fraction of sp³-hybridized carbons (Fsp3) is 0.917. The van der Waals surface area contributed by atoms with Crippen LogP contribution in [0.4, 0.5) is 0 Å². The molecule has 1 atom stereocenters. The van der Waals surface area contributed by atoms with Gasteiger partial charge in [-0.3, -0.25) is 9.69 Å². The Morgan fingerprint density at radius 1 is 1.50 bits per heavy atom. The van der Waals surface area contributed by atoms with Gasteiger partial charge in [0.15, 0.2) is 0 Å². The molecule has 1 fully saturated rings. The first-order chi connectivity index (χ1) is 7.44. The van der Waals surface area contributed by atoms with Crippen molar-refractivity contribution in [2.45, 2.75) is 38.8 Å². The molecule has 1 rings (SSSR count). The SMILES string of the molecule is CCN1C(CCNC)C(=O)N(C)CC1(C)C. The number of nitrogens with one attached hydrogen (secondary N) is 1. The smallest absolute Gasteiger partial charge is 0.239 e. The molecule has 1 heterocycles. The van der Waals surface area contributed by atoms with Crippen LogP contribution in [-0.2, 0) is 4.79 Å². The molecule has 4 heteroatoms. The van der Waals surface area contributed by atoms with Crippen LogP contribution >= 0.6 is 0 Å². The van der Waals surface area contributed by atoms with E-state index >= 15 is 0 Å². The van der Waals surface area contributed by atoms with E-state index in [1.54, 1.807) is 0 Å². The molecule has 1 N–H and O–H groups in total. The van der Waals surface area contributed by atoms with Crippen LogP contribution in [0.15, 0.2) is 0 Å². The molecule has 1 amide bonds. The predicted molar refractivity (Wildman–Crippen MR) is 66.4 cm³/mol. The average molecular weight is 227 g/mol. The summed E-state index contributed by atoms with van der Waals surface area (Å²) in [7, 11) is 3.84. The van der Waals surface area contributed by atoms with Crippen LogP contribution < -0.4 is 5.32 Å². The number of piperazine rings is 1. The fourth-order valence-corrected chi connectivity index (χ4v) is 2.77. The highest BCUT2D eigenvalue weighted by Gasteiger charge is 2.42. The van der Waals surface area contributed by atoms with Gasteiger partial charge in [0.05, 0.1) is 6.04 Å². The van der Waals surface area contributed by atoms with Crippen LogP contribution in [0.25, 0.3) is 0 Å².